The van der Waals surface area contributed by atoms with E-state index in [1.165, 1.54) is 6.92 Å². The topological polar surface area (TPSA) is 81.2 Å². The molecular weight excluding hydrogens is 368 g/mol. The van der Waals surface area contributed by atoms with Gasteiger partial charge in [-0.05, 0) is 58.4 Å². The molecule has 2 heterocycles. The first-order valence-electron chi connectivity index (χ1n) is 9.37. The SMILES string of the molecule is CC(=O)c1c(C)[nH]c(C(=O)COC(=O)c2cc(C)n(-c3ccccc3)c2C)c1C. The third kappa shape index (κ3) is 3.78. The maximum atomic E-state index is 12.6. The quantitative estimate of drug-likeness (QED) is 0.501. The Hall–Kier alpha value is -3.41. The van der Waals surface area contributed by atoms with Crippen molar-refractivity contribution in [1.29, 1.82) is 0 Å². The van der Waals surface area contributed by atoms with Crippen LogP contribution in [-0.2, 0) is 4.74 Å². The first-order chi connectivity index (χ1) is 13.7. The minimum atomic E-state index is -0.554. The van der Waals surface area contributed by atoms with Crippen LogP contribution in [0.1, 0.15) is 60.8 Å². The number of aromatic nitrogens is 2. The Balaban J connectivity index is 1.78. The number of carbonyl (C=O) groups is 3. The first-order valence-corrected chi connectivity index (χ1v) is 9.37. The van der Waals surface area contributed by atoms with Crippen molar-refractivity contribution >= 4 is 17.5 Å². The molecule has 3 aromatic rings. The Bertz CT molecular complexity index is 1100. The highest BCUT2D eigenvalue weighted by molar-refractivity contribution is 6.04. The standard InChI is InChI=1S/C23H24N2O4/c1-13-11-19(16(4)25(13)18-9-7-6-8-10-18)23(28)29-12-20(27)22-14(2)21(17(5)26)15(3)24-22/h6-11,24H,12H2,1-5H3. The zero-order chi connectivity index (χ0) is 21.3. The van der Waals surface area contributed by atoms with Gasteiger partial charge in [-0.25, -0.2) is 4.79 Å². The summed E-state index contributed by atoms with van der Waals surface area (Å²) in [5, 5.41) is 0. The summed E-state index contributed by atoms with van der Waals surface area (Å²) in [6.45, 7) is 8.27. The number of Topliss-reactive ketones (excluding diaryl/α,β-unsaturated/α-hetero) is 2. The zero-order valence-corrected chi connectivity index (χ0v) is 17.3. The molecule has 0 saturated heterocycles. The number of nitrogens with one attached hydrogen (secondary N) is 1. The molecule has 0 atom stereocenters. The Morgan fingerprint density at radius 1 is 1.03 bits per heavy atom. The molecule has 0 aliphatic carbocycles. The van der Waals surface area contributed by atoms with Crippen LogP contribution in [0.5, 0.6) is 0 Å². The van der Waals surface area contributed by atoms with Crippen molar-refractivity contribution in [2.24, 2.45) is 0 Å². The van der Waals surface area contributed by atoms with Gasteiger partial charge in [-0.2, -0.15) is 0 Å². The van der Waals surface area contributed by atoms with Gasteiger partial charge in [0.15, 0.2) is 12.4 Å². The second kappa shape index (κ2) is 7.91. The normalized spacial score (nSPS) is 10.8. The largest absolute Gasteiger partial charge is 0.454 e. The fourth-order valence-electron chi connectivity index (χ4n) is 3.78. The average molecular weight is 392 g/mol. The number of hydrogen-bond acceptors (Lipinski definition) is 4. The molecule has 3 rings (SSSR count). The van der Waals surface area contributed by atoms with Gasteiger partial charge in [-0.15, -0.1) is 0 Å². The van der Waals surface area contributed by atoms with Crippen LogP contribution in [0.3, 0.4) is 0 Å². The smallest absolute Gasteiger partial charge is 0.340 e. The maximum absolute atomic E-state index is 12.6. The highest BCUT2D eigenvalue weighted by Gasteiger charge is 2.22. The van der Waals surface area contributed by atoms with E-state index < -0.39 is 12.6 Å². The molecule has 1 N–H and O–H groups in total. The zero-order valence-electron chi connectivity index (χ0n) is 17.3. The lowest BCUT2D eigenvalue weighted by molar-refractivity contribution is 0.0472. The van der Waals surface area contributed by atoms with Crippen molar-refractivity contribution < 1.29 is 19.1 Å². The van der Waals surface area contributed by atoms with E-state index in [-0.39, 0.29) is 11.6 Å². The Labute approximate surface area is 169 Å². The number of para-hydroxylation sites is 1. The van der Waals surface area contributed by atoms with E-state index in [9.17, 15) is 14.4 Å². The van der Waals surface area contributed by atoms with Crippen LogP contribution in [0.2, 0.25) is 0 Å². The van der Waals surface area contributed by atoms with Crippen LogP contribution in [0, 0.1) is 27.7 Å². The summed E-state index contributed by atoms with van der Waals surface area (Å²) in [5.41, 5.74) is 5.04. The number of esters is 1. The number of ketones is 2. The van der Waals surface area contributed by atoms with Crippen molar-refractivity contribution in [3.8, 4) is 5.69 Å². The number of H-pyrrole nitrogens is 1. The fourth-order valence-corrected chi connectivity index (χ4v) is 3.78. The molecule has 0 aliphatic heterocycles. The van der Waals surface area contributed by atoms with Crippen LogP contribution in [0.15, 0.2) is 36.4 Å². The second-order valence-corrected chi connectivity index (χ2v) is 7.14. The van der Waals surface area contributed by atoms with Crippen molar-refractivity contribution in [2.45, 2.75) is 34.6 Å². The Morgan fingerprint density at radius 2 is 1.69 bits per heavy atom. The number of aromatic amines is 1. The van der Waals surface area contributed by atoms with E-state index in [1.54, 1.807) is 19.9 Å². The van der Waals surface area contributed by atoms with Gasteiger partial charge in [0.2, 0.25) is 5.78 Å². The van der Waals surface area contributed by atoms with E-state index in [1.807, 2.05) is 48.7 Å². The predicted octanol–water partition coefficient (Wildman–Crippen LogP) is 4.28. The molecule has 2 aromatic heterocycles. The molecule has 0 amide bonds. The van der Waals surface area contributed by atoms with Crippen LogP contribution in [0.4, 0.5) is 0 Å². The molecule has 6 heteroatoms. The molecule has 0 bridgehead atoms. The lowest BCUT2D eigenvalue weighted by Crippen LogP contribution is -2.16. The van der Waals surface area contributed by atoms with Gasteiger partial charge in [0, 0.05) is 28.3 Å². The summed E-state index contributed by atoms with van der Waals surface area (Å²) in [7, 11) is 0. The Kier molecular flexibility index (Phi) is 5.55. The summed E-state index contributed by atoms with van der Waals surface area (Å²) in [6, 6.07) is 11.5. The highest BCUT2D eigenvalue weighted by atomic mass is 16.5. The number of nitrogens with zero attached hydrogens (tertiary/aromatic N) is 1. The summed E-state index contributed by atoms with van der Waals surface area (Å²) in [6.07, 6.45) is 0. The van der Waals surface area contributed by atoms with Crippen molar-refractivity contribution in [2.75, 3.05) is 6.61 Å². The van der Waals surface area contributed by atoms with Gasteiger partial charge in [0.05, 0.1) is 11.3 Å². The number of hydrogen-bond donors (Lipinski definition) is 1. The molecule has 0 saturated carbocycles. The summed E-state index contributed by atoms with van der Waals surface area (Å²) < 4.78 is 7.26. The number of aryl methyl sites for hydroxylation is 2. The first kappa shape index (κ1) is 20.3. The minimum Gasteiger partial charge on any atom is -0.454 e. The molecule has 0 fully saturated rings. The van der Waals surface area contributed by atoms with E-state index in [0.29, 0.717) is 28.1 Å². The van der Waals surface area contributed by atoms with Crippen LogP contribution >= 0.6 is 0 Å². The van der Waals surface area contributed by atoms with Crippen LogP contribution < -0.4 is 0 Å². The molecule has 0 aliphatic rings. The van der Waals surface area contributed by atoms with Gasteiger partial charge >= 0.3 is 5.97 Å². The second-order valence-electron chi connectivity index (χ2n) is 7.14. The maximum Gasteiger partial charge on any atom is 0.340 e. The number of carbonyl (C=O) groups excluding carboxylic acids is 3. The average Bonchev–Trinajstić information content (AvgIpc) is 3.15. The van der Waals surface area contributed by atoms with Gasteiger partial charge in [0.25, 0.3) is 0 Å². The molecule has 150 valence electrons. The van der Waals surface area contributed by atoms with E-state index in [4.69, 9.17) is 4.74 Å². The van der Waals surface area contributed by atoms with Crippen molar-refractivity contribution in [3.05, 3.63) is 75.9 Å². The van der Waals surface area contributed by atoms with Crippen molar-refractivity contribution in [3.63, 3.8) is 0 Å². The van der Waals surface area contributed by atoms with E-state index >= 15 is 0 Å². The lowest BCUT2D eigenvalue weighted by atomic mass is 10.1. The monoisotopic (exact) mass is 392 g/mol. The molecule has 1 aromatic carbocycles. The summed E-state index contributed by atoms with van der Waals surface area (Å²) in [4.78, 5) is 39.8. The predicted molar refractivity (Wildman–Crippen MR) is 110 cm³/mol. The summed E-state index contributed by atoms with van der Waals surface area (Å²) >= 11 is 0. The lowest BCUT2D eigenvalue weighted by Gasteiger charge is -2.09. The fraction of sp³-hybridized carbons (Fsp3) is 0.261. The van der Waals surface area contributed by atoms with Gasteiger partial charge in [-0.3, -0.25) is 9.59 Å². The van der Waals surface area contributed by atoms with Crippen molar-refractivity contribution in [1.82, 2.24) is 9.55 Å². The molecule has 6 nitrogen and oxygen atoms in total. The minimum absolute atomic E-state index is 0.111. The molecule has 0 spiro atoms. The number of ether oxygens (including phenoxy) is 1. The van der Waals surface area contributed by atoms with E-state index in [2.05, 4.69) is 4.98 Å². The van der Waals surface area contributed by atoms with E-state index in [0.717, 1.165) is 17.1 Å². The molecule has 0 unspecified atom stereocenters. The van der Waals surface area contributed by atoms with Crippen LogP contribution in [-0.4, -0.2) is 33.7 Å². The molecule has 0 radical (unpaired) electrons. The van der Waals surface area contributed by atoms with Gasteiger partial charge in [-0.1, -0.05) is 18.2 Å². The molecular formula is C23H24N2O4. The third-order valence-electron chi connectivity index (χ3n) is 5.07. The van der Waals surface area contributed by atoms with Crippen LogP contribution in [0.25, 0.3) is 5.69 Å². The number of rotatable bonds is 6. The third-order valence-corrected chi connectivity index (χ3v) is 5.07. The number of benzene rings is 1. The highest BCUT2D eigenvalue weighted by Crippen LogP contribution is 2.22. The summed E-state index contributed by atoms with van der Waals surface area (Å²) in [5.74, 6) is -1.04. The van der Waals surface area contributed by atoms with Gasteiger partial charge in [0.1, 0.15) is 0 Å². The Morgan fingerprint density at radius 3 is 2.28 bits per heavy atom. The molecule has 29 heavy (non-hydrogen) atoms. The van der Waals surface area contributed by atoms with Gasteiger partial charge < -0.3 is 14.3 Å².